The number of benzene rings is 2. The minimum absolute atomic E-state index is 0.383. The lowest BCUT2D eigenvalue weighted by atomic mass is 10.1. The Morgan fingerprint density at radius 1 is 0.676 bits per heavy atom. The van der Waals surface area contributed by atoms with E-state index in [1.807, 2.05) is 30.3 Å². The fourth-order valence-electron chi connectivity index (χ4n) is 3.64. The second kappa shape index (κ2) is 17.7. The molecule has 0 saturated carbocycles. The van der Waals surface area contributed by atoms with Crippen LogP contribution in [0.4, 0.5) is 0 Å². The van der Waals surface area contributed by atoms with Crippen molar-refractivity contribution < 1.29 is 19.0 Å². The van der Waals surface area contributed by atoms with Gasteiger partial charge in [-0.15, -0.1) is 6.58 Å². The highest BCUT2D eigenvalue weighted by Gasteiger charge is 2.09. The summed E-state index contributed by atoms with van der Waals surface area (Å²) in [5, 5.41) is 0. The summed E-state index contributed by atoms with van der Waals surface area (Å²) in [6.45, 7) is 7.39. The minimum atomic E-state index is -0.383. The first-order chi connectivity index (χ1) is 16.7. The number of ether oxygens (including phenoxy) is 3. The van der Waals surface area contributed by atoms with Crippen molar-refractivity contribution in [2.45, 2.75) is 84.0 Å². The molecule has 0 aliphatic rings. The molecule has 34 heavy (non-hydrogen) atoms. The van der Waals surface area contributed by atoms with Crippen LogP contribution in [0.3, 0.4) is 0 Å². The summed E-state index contributed by atoms with van der Waals surface area (Å²) >= 11 is 0. The predicted octanol–water partition coefficient (Wildman–Crippen LogP) is 8.55. The van der Waals surface area contributed by atoms with Crippen LogP contribution in [0.5, 0.6) is 17.2 Å². The van der Waals surface area contributed by atoms with Crippen LogP contribution in [0.25, 0.3) is 0 Å². The SMILES string of the molecule is C=CCCCCCCCOc1ccc(C(=O)Oc2ccc(OCCCCCCCC)cc2)cc1. The summed E-state index contributed by atoms with van der Waals surface area (Å²) in [4.78, 5) is 12.4. The number of carbonyl (C=O) groups is 1. The van der Waals surface area contributed by atoms with Gasteiger partial charge in [0.15, 0.2) is 0 Å². The first kappa shape index (κ1) is 27.5. The van der Waals surface area contributed by atoms with Crippen molar-refractivity contribution in [3.05, 3.63) is 66.7 Å². The van der Waals surface area contributed by atoms with E-state index in [-0.39, 0.29) is 5.97 Å². The van der Waals surface area contributed by atoms with Gasteiger partial charge < -0.3 is 14.2 Å². The molecule has 0 aliphatic heterocycles. The Morgan fingerprint density at radius 3 is 1.71 bits per heavy atom. The maximum atomic E-state index is 12.4. The molecule has 0 heterocycles. The fraction of sp³-hybridized carbons (Fsp3) is 0.500. The van der Waals surface area contributed by atoms with Gasteiger partial charge in [-0.25, -0.2) is 4.79 Å². The molecule has 2 rings (SSSR count). The van der Waals surface area contributed by atoms with Gasteiger partial charge in [0.25, 0.3) is 0 Å². The molecular weight excluding hydrogens is 424 g/mol. The average Bonchev–Trinajstić information content (AvgIpc) is 2.86. The first-order valence-corrected chi connectivity index (χ1v) is 13.0. The number of hydrogen-bond donors (Lipinski definition) is 0. The van der Waals surface area contributed by atoms with Gasteiger partial charge in [-0.05, 0) is 74.2 Å². The summed E-state index contributed by atoms with van der Waals surface area (Å²) in [7, 11) is 0. The normalized spacial score (nSPS) is 10.6. The van der Waals surface area contributed by atoms with Crippen molar-refractivity contribution in [2.75, 3.05) is 13.2 Å². The zero-order valence-electron chi connectivity index (χ0n) is 20.9. The molecule has 2 aromatic carbocycles. The van der Waals surface area contributed by atoms with Crippen molar-refractivity contribution >= 4 is 5.97 Å². The van der Waals surface area contributed by atoms with Crippen LogP contribution in [0.15, 0.2) is 61.2 Å². The molecule has 4 heteroatoms. The van der Waals surface area contributed by atoms with Gasteiger partial charge in [0.05, 0.1) is 18.8 Å². The van der Waals surface area contributed by atoms with Gasteiger partial charge in [-0.1, -0.05) is 64.4 Å². The minimum Gasteiger partial charge on any atom is -0.494 e. The molecule has 0 atom stereocenters. The largest absolute Gasteiger partial charge is 0.494 e. The standard InChI is InChI=1S/C30H42O4/c1-3-5-7-9-11-13-15-24-32-27-18-16-26(17-19-27)30(31)34-29-22-20-28(21-23-29)33-25-14-12-10-8-6-4-2/h3,16-23H,1,4-15,24-25H2,2H3. The molecule has 4 nitrogen and oxygen atoms in total. The molecule has 0 fully saturated rings. The molecule has 0 aromatic heterocycles. The van der Waals surface area contributed by atoms with Crippen LogP contribution in [-0.2, 0) is 0 Å². The topological polar surface area (TPSA) is 44.8 Å². The quantitative estimate of drug-likeness (QED) is 0.0900. The molecule has 0 unspecified atom stereocenters. The summed E-state index contributed by atoms with van der Waals surface area (Å²) < 4.78 is 17.1. The second-order valence-electron chi connectivity index (χ2n) is 8.70. The van der Waals surface area contributed by atoms with Crippen molar-refractivity contribution in [3.8, 4) is 17.2 Å². The van der Waals surface area contributed by atoms with Gasteiger partial charge in [0, 0.05) is 0 Å². The summed E-state index contributed by atoms with van der Waals surface area (Å²) in [6, 6.07) is 14.3. The number of esters is 1. The second-order valence-corrected chi connectivity index (χ2v) is 8.70. The average molecular weight is 467 g/mol. The lowest BCUT2D eigenvalue weighted by Gasteiger charge is -2.09. The monoisotopic (exact) mass is 466 g/mol. The van der Waals surface area contributed by atoms with E-state index in [1.165, 1.54) is 57.8 Å². The molecule has 0 bridgehead atoms. The summed E-state index contributed by atoms with van der Waals surface area (Å²) in [5.74, 6) is 1.69. The Balaban J connectivity index is 1.63. The Kier molecular flexibility index (Phi) is 14.3. The van der Waals surface area contributed by atoms with E-state index in [0.717, 1.165) is 37.4 Å². The maximum absolute atomic E-state index is 12.4. The third-order valence-electron chi connectivity index (χ3n) is 5.71. The van der Waals surface area contributed by atoms with Crippen LogP contribution in [0.2, 0.25) is 0 Å². The Hall–Kier alpha value is -2.75. The van der Waals surface area contributed by atoms with Crippen molar-refractivity contribution in [1.82, 2.24) is 0 Å². The smallest absolute Gasteiger partial charge is 0.343 e. The highest BCUT2D eigenvalue weighted by molar-refractivity contribution is 5.91. The predicted molar refractivity (Wildman–Crippen MR) is 140 cm³/mol. The molecule has 0 spiro atoms. The van der Waals surface area contributed by atoms with Crippen LogP contribution in [-0.4, -0.2) is 19.2 Å². The van der Waals surface area contributed by atoms with E-state index >= 15 is 0 Å². The lowest BCUT2D eigenvalue weighted by molar-refractivity contribution is 0.0734. The number of allylic oxidation sites excluding steroid dienone is 1. The van der Waals surface area contributed by atoms with Crippen molar-refractivity contribution in [3.63, 3.8) is 0 Å². The van der Waals surface area contributed by atoms with Crippen molar-refractivity contribution in [1.29, 1.82) is 0 Å². The molecule has 2 aromatic rings. The lowest BCUT2D eigenvalue weighted by Crippen LogP contribution is -2.08. The number of carbonyl (C=O) groups excluding carboxylic acids is 1. The number of unbranched alkanes of at least 4 members (excludes halogenated alkanes) is 10. The van der Waals surface area contributed by atoms with Gasteiger partial charge in [0.1, 0.15) is 17.2 Å². The third-order valence-corrected chi connectivity index (χ3v) is 5.71. The molecule has 0 aliphatic carbocycles. The van der Waals surface area contributed by atoms with E-state index in [2.05, 4.69) is 13.5 Å². The fourth-order valence-corrected chi connectivity index (χ4v) is 3.64. The molecule has 0 N–H and O–H groups in total. The zero-order chi connectivity index (χ0) is 24.3. The molecule has 0 amide bonds. The van der Waals surface area contributed by atoms with Crippen LogP contribution < -0.4 is 14.2 Å². The molecule has 0 radical (unpaired) electrons. The van der Waals surface area contributed by atoms with Gasteiger partial charge in [-0.2, -0.15) is 0 Å². The molecular formula is C30H42O4. The van der Waals surface area contributed by atoms with E-state index in [1.54, 1.807) is 24.3 Å². The number of rotatable bonds is 19. The third kappa shape index (κ3) is 11.9. The van der Waals surface area contributed by atoms with Crippen LogP contribution >= 0.6 is 0 Å². The van der Waals surface area contributed by atoms with Gasteiger partial charge in [-0.3, -0.25) is 0 Å². The maximum Gasteiger partial charge on any atom is 0.343 e. The molecule has 0 saturated heterocycles. The van der Waals surface area contributed by atoms with E-state index in [4.69, 9.17) is 14.2 Å². The highest BCUT2D eigenvalue weighted by Crippen LogP contribution is 2.20. The first-order valence-electron chi connectivity index (χ1n) is 13.0. The van der Waals surface area contributed by atoms with Crippen molar-refractivity contribution in [2.24, 2.45) is 0 Å². The summed E-state index contributed by atoms with van der Waals surface area (Å²) in [5.41, 5.74) is 0.498. The highest BCUT2D eigenvalue weighted by atomic mass is 16.5. The van der Waals surface area contributed by atoms with Gasteiger partial charge in [0.2, 0.25) is 0 Å². The van der Waals surface area contributed by atoms with Crippen LogP contribution in [0, 0.1) is 0 Å². The number of hydrogen-bond acceptors (Lipinski definition) is 4. The molecule has 186 valence electrons. The zero-order valence-corrected chi connectivity index (χ0v) is 20.9. The Labute approximate surface area is 206 Å². The van der Waals surface area contributed by atoms with Gasteiger partial charge >= 0.3 is 5.97 Å². The Morgan fingerprint density at radius 2 is 1.15 bits per heavy atom. The van der Waals surface area contributed by atoms with Crippen LogP contribution in [0.1, 0.15) is 94.3 Å². The Bertz CT molecular complexity index is 796. The van der Waals surface area contributed by atoms with E-state index < -0.39 is 0 Å². The van der Waals surface area contributed by atoms with E-state index in [0.29, 0.717) is 17.9 Å². The van der Waals surface area contributed by atoms with E-state index in [9.17, 15) is 4.79 Å². The summed E-state index contributed by atoms with van der Waals surface area (Å²) in [6.07, 6.45) is 16.4.